The maximum Gasteiger partial charge on any atom is 0.284 e. The number of nitrogens with one attached hydrogen (secondary N) is 1. The first-order valence-corrected chi connectivity index (χ1v) is 7.06. The van der Waals surface area contributed by atoms with Gasteiger partial charge in [-0.2, -0.15) is 0 Å². The minimum atomic E-state index is -0.190. The van der Waals surface area contributed by atoms with Crippen molar-refractivity contribution >= 4 is 33.8 Å². The lowest BCUT2D eigenvalue weighted by Gasteiger charge is -2.06. The molecule has 0 aliphatic heterocycles. The van der Waals surface area contributed by atoms with Gasteiger partial charge in [0.1, 0.15) is 0 Å². The first-order valence-electron chi connectivity index (χ1n) is 6.24. The molecular weight excluding hydrogens is 270 g/mol. The lowest BCUT2D eigenvalue weighted by atomic mass is 10.2. The standard InChI is InChI=1S/C15H13N3OS/c1-9-10(2)20-15(17-9)14(19)18-12-7-3-5-11-6-4-8-16-13(11)12/h3-8H,1-2H3,(H,18,19). The van der Waals surface area contributed by atoms with Crippen molar-refractivity contribution in [1.29, 1.82) is 0 Å². The molecule has 5 heteroatoms. The second-order valence-corrected chi connectivity index (χ2v) is 5.70. The summed E-state index contributed by atoms with van der Waals surface area (Å²) in [6.45, 7) is 3.87. The third kappa shape index (κ3) is 2.28. The highest BCUT2D eigenvalue weighted by atomic mass is 32.1. The van der Waals surface area contributed by atoms with Crippen LogP contribution < -0.4 is 5.32 Å². The zero-order valence-corrected chi connectivity index (χ0v) is 12.0. The number of rotatable bonds is 2. The van der Waals surface area contributed by atoms with Crippen LogP contribution in [-0.4, -0.2) is 15.9 Å². The Hall–Kier alpha value is -2.27. The van der Waals surface area contributed by atoms with Crippen LogP contribution in [0.25, 0.3) is 10.9 Å². The Morgan fingerprint density at radius 3 is 2.75 bits per heavy atom. The Morgan fingerprint density at radius 2 is 2.00 bits per heavy atom. The van der Waals surface area contributed by atoms with Crippen molar-refractivity contribution in [3.63, 3.8) is 0 Å². The van der Waals surface area contributed by atoms with Gasteiger partial charge >= 0.3 is 0 Å². The third-order valence-corrected chi connectivity index (χ3v) is 4.18. The summed E-state index contributed by atoms with van der Waals surface area (Å²) in [5.41, 5.74) is 2.39. The fourth-order valence-electron chi connectivity index (χ4n) is 1.95. The van der Waals surface area contributed by atoms with Crippen LogP contribution >= 0.6 is 11.3 Å². The van der Waals surface area contributed by atoms with E-state index in [1.54, 1.807) is 6.20 Å². The number of carbonyl (C=O) groups is 1. The van der Waals surface area contributed by atoms with Crippen molar-refractivity contribution in [1.82, 2.24) is 9.97 Å². The molecule has 4 nitrogen and oxygen atoms in total. The van der Waals surface area contributed by atoms with Crippen LogP contribution in [0, 0.1) is 13.8 Å². The predicted octanol–water partition coefficient (Wildman–Crippen LogP) is 3.56. The Labute approximate surface area is 120 Å². The molecule has 3 rings (SSSR count). The van der Waals surface area contributed by atoms with Gasteiger partial charge in [-0.25, -0.2) is 4.98 Å². The maximum absolute atomic E-state index is 12.2. The quantitative estimate of drug-likeness (QED) is 0.782. The van der Waals surface area contributed by atoms with Gasteiger partial charge in [-0.1, -0.05) is 18.2 Å². The van der Waals surface area contributed by atoms with Gasteiger partial charge in [0.2, 0.25) is 0 Å². The van der Waals surface area contributed by atoms with Crippen LogP contribution in [0.3, 0.4) is 0 Å². The molecule has 0 unspecified atom stereocenters. The number of hydrogen-bond donors (Lipinski definition) is 1. The predicted molar refractivity (Wildman–Crippen MR) is 81.3 cm³/mol. The molecule has 1 amide bonds. The summed E-state index contributed by atoms with van der Waals surface area (Å²) in [4.78, 5) is 21.9. The SMILES string of the molecule is Cc1nc(C(=O)Nc2cccc3cccnc23)sc1C. The first-order chi connectivity index (χ1) is 9.65. The summed E-state index contributed by atoms with van der Waals surface area (Å²) in [6, 6.07) is 9.56. The van der Waals surface area contributed by atoms with Crippen LogP contribution in [0.2, 0.25) is 0 Å². The zero-order chi connectivity index (χ0) is 14.1. The number of fused-ring (bicyclic) bond motifs is 1. The van der Waals surface area contributed by atoms with Crippen molar-refractivity contribution in [2.45, 2.75) is 13.8 Å². The minimum Gasteiger partial charge on any atom is -0.318 e. The molecule has 0 fully saturated rings. The fourth-order valence-corrected chi connectivity index (χ4v) is 2.76. The summed E-state index contributed by atoms with van der Waals surface area (Å²) in [6.07, 6.45) is 1.72. The van der Waals surface area contributed by atoms with E-state index in [-0.39, 0.29) is 5.91 Å². The summed E-state index contributed by atoms with van der Waals surface area (Å²) in [7, 11) is 0. The highest BCUT2D eigenvalue weighted by Gasteiger charge is 2.14. The minimum absolute atomic E-state index is 0.190. The number of benzene rings is 1. The Kier molecular flexibility index (Phi) is 3.20. The molecule has 0 radical (unpaired) electrons. The number of aromatic nitrogens is 2. The van der Waals surface area contributed by atoms with Crippen LogP contribution in [-0.2, 0) is 0 Å². The van der Waals surface area contributed by atoms with E-state index in [0.29, 0.717) is 10.7 Å². The van der Waals surface area contributed by atoms with Gasteiger partial charge in [-0.3, -0.25) is 9.78 Å². The van der Waals surface area contributed by atoms with E-state index in [2.05, 4.69) is 15.3 Å². The molecule has 2 aromatic heterocycles. The number of hydrogen-bond acceptors (Lipinski definition) is 4. The molecule has 0 atom stereocenters. The molecule has 0 saturated heterocycles. The van der Waals surface area contributed by atoms with Crippen molar-refractivity contribution in [3.8, 4) is 0 Å². The highest BCUT2D eigenvalue weighted by Crippen LogP contribution is 2.23. The summed E-state index contributed by atoms with van der Waals surface area (Å²) >= 11 is 1.40. The van der Waals surface area contributed by atoms with Gasteiger partial charge in [0.05, 0.1) is 16.9 Å². The van der Waals surface area contributed by atoms with Gasteiger partial charge in [-0.05, 0) is 26.0 Å². The Bertz CT molecular complexity index is 770. The topological polar surface area (TPSA) is 54.9 Å². The van der Waals surface area contributed by atoms with E-state index in [1.165, 1.54) is 11.3 Å². The third-order valence-electron chi connectivity index (χ3n) is 3.10. The van der Waals surface area contributed by atoms with Gasteiger partial charge in [0.25, 0.3) is 5.91 Å². The number of pyridine rings is 1. The lowest BCUT2D eigenvalue weighted by Crippen LogP contribution is -2.12. The largest absolute Gasteiger partial charge is 0.318 e. The van der Waals surface area contributed by atoms with E-state index in [0.717, 1.165) is 21.5 Å². The van der Waals surface area contributed by atoms with Crippen LogP contribution in [0.5, 0.6) is 0 Å². The van der Waals surface area contributed by atoms with Gasteiger partial charge in [0.15, 0.2) is 5.01 Å². The van der Waals surface area contributed by atoms with E-state index in [4.69, 9.17) is 0 Å². The average Bonchev–Trinajstić information content (AvgIpc) is 2.79. The van der Waals surface area contributed by atoms with Gasteiger partial charge in [-0.15, -0.1) is 11.3 Å². The van der Waals surface area contributed by atoms with E-state index in [9.17, 15) is 4.79 Å². The number of para-hydroxylation sites is 1. The van der Waals surface area contributed by atoms with Gasteiger partial charge < -0.3 is 5.32 Å². The first kappa shape index (κ1) is 12.7. The number of carbonyl (C=O) groups excluding carboxylic acids is 1. The smallest absolute Gasteiger partial charge is 0.284 e. The molecule has 0 aliphatic rings. The van der Waals surface area contributed by atoms with E-state index in [1.807, 2.05) is 44.2 Å². The van der Waals surface area contributed by atoms with E-state index >= 15 is 0 Å². The summed E-state index contributed by atoms with van der Waals surface area (Å²) in [5.74, 6) is -0.190. The molecule has 20 heavy (non-hydrogen) atoms. The van der Waals surface area contributed by atoms with Crippen LogP contribution in [0.15, 0.2) is 36.5 Å². The summed E-state index contributed by atoms with van der Waals surface area (Å²) < 4.78 is 0. The van der Waals surface area contributed by atoms with Gasteiger partial charge in [0, 0.05) is 16.5 Å². The molecular formula is C15H13N3OS. The molecule has 3 aromatic rings. The molecule has 0 aliphatic carbocycles. The highest BCUT2D eigenvalue weighted by molar-refractivity contribution is 7.13. The van der Waals surface area contributed by atoms with Crippen molar-refractivity contribution in [2.75, 3.05) is 5.32 Å². The van der Waals surface area contributed by atoms with Crippen molar-refractivity contribution < 1.29 is 4.79 Å². The normalized spacial score (nSPS) is 10.7. The average molecular weight is 283 g/mol. The fraction of sp³-hybridized carbons (Fsp3) is 0.133. The molecule has 1 aromatic carbocycles. The zero-order valence-electron chi connectivity index (χ0n) is 11.2. The van der Waals surface area contributed by atoms with Crippen molar-refractivity contribution in [3.05, 3.63) is 52.1 Å². The summed E-state index contributed by atoms with van der Waals surface area (Å²) in [5, 5.41) is 4.36. The Balaban J connectivity index is 1.95. The van der Waals surface area contributed by atoms with Crippen LogP contribution in [0.4, 0.5) is 5.69 Å². The second-order valence-electron chi connectivity index (χ2n) is 4.50. The number of thiazole rings is 1. The molecule has 1 N–H and O–H groups in total. The van der Waals surface area contributed by atoms with E-state index < -0.39 is 0 Å². The number of nitrogens with zero attached hydrogens (tertiary/aromatic N) is 2. The second kappa shape index (κ2) is 5.02. The van der Waals surface area contributed by atoms with Crippen LogP contribution in [0.1, 0.15) is 20.4 Å². The number of anilines is 1. The molecule has 0 spiro atoms. The molecule has 0 bridgehead atoms. The Morgan fingerprint density at radius 1 is 1.20 bits per heavy atom. The lowest BCUT2D eigenvalue weighted by molar-refractivity contribution is 0.102. The molecule has 2 heterocycles. The number of amides is 1. The molecule has 0 saturated carbocycles. The van der Waals surface area contributed by atoms with Crippen molar-refractivity contribution in [2.24, 2.45) is 0 Å². The molecule has 100 valence electrons. The maximum atomic E-state index is 12.2. The monoisotopic (exact) mass is 283 g/mol. The number of aryl methyl sites for hydroxylation is 2.